The molecule has 3 heteroatoms. The molecule has 0 aliphatic carbocycles. The van der Waals surface area contributed by atoms with Crippen molar-refractivity contribution in [3.05, 3.63) is 34.9 Å². The summed E-state index contributed by atoms with van der Waals surface area (Å²) in [5.41, 5.74) is 2.52. The SMILES string of the molecule is Cc1cccc(C(=O)OOCC(C)(C)C)c1C. The molecule has 0 atom stereocenters. The Labute approximate surface area is 103 Å². The highest BCUT2D eigenvalue weighted by molar-refractivity contribution is 5.90. The minimum atomic E-state index is -0.435. The Kier molecular flexibility index (Phi) is 4.29. The van der Waals surface area contributed by atoms with Crippen LogP contribution in [0.2, 0.25) is 0 Å². The van der Waals surface area contributed by atoms with Crippen molar-refractivity contribution in [2.75, 3.05) is 6.61 Å². The van der Waals surface area contributed by atoms with Crippen molar-refractivity contribution in [2.24, 2.45) is 5.41 Å². The fourth-order valence-electron chi connectivity index (χ4n) is 1.28. The molecule has 0 aromatic heterocycles. The number of carbonyl (C=O) groups is 1. The molecule has 0 saturated heterocycles. The van der Waals surface area contributed by atoms with Gasteiger partial charge in [-0.25, -0.2) is 4.79 Å². The fraction of sp³-hybridized carbons (Fsp3) is 0.500. The lowest BCUT2D eigenvalue weighted by atomic mass is 9.99. The summed E-state index contributed by atoms with van der Waals surface area (Å²) in [6.07, 6.45) is 0. The van der Waals surface area contributed by atoms with E-state index in [0.29, 0.717) is 12.2 Å². The number of benzene rings is 1. The normalized spacial score (nSPS) is 11.4. The third-order valence-corrected chi connectivity index (χ3v) is 2.45. The third kappa shape index (κ3) is 4.19. The minimum Gasteiger partial charge on any atom is -0.293 e. The van der Waals surface area contributed by atoms with E-state index >= 15 is 0 Å². The van der Waals surface area contributed by atoms with E-state index in [4.69, 9.17) is 9.78 Å². The highest BCUT2D eigenvalue weighted by Crippen LogP contribution is 2.16. The predicted molar refractivity (Wildman–Crippen MR) is 66.7 cm³/mol. The van der Waals surface area contributed by atoms with E-state index < -0.39 is 5.97 Å². The molecule has 94 valence electrons. The van der Waals surface area contributed by atoms with Gasteiger partial charge in [0.25, 0.3) is 0 Å². The lowest BCUT2D eigenvalue weighted by Crippen LogP contribution is -2.17. The van der Waals surface area contributed by atoms with Gasteiger partial charge in [-0.3, -0.25) is 4.89 Å². The second kappa shape index (κ2) is 5.32. The van der Waals surface area contributed by atoms with E-state index in [-0.39, 0.29) is 5.41 Å². The highest BCUT2D eigenvalue weighted by atomic mass is 17.2. The molecule has 0 N–H and O–H groups in total. The quantitative estimate of drug-likeness (QED) is 0.595. The number of aryl methyl sites for hydroxylation is 1. The van der Waals surface area contributed by atoms with E-state index in [1.165, 1.54) is 0 Å². The van der Waals surface area contributed by atoms with Gasteiger partial charge in [0.1, 0.15) is 0 Å². The topological polar surface area (TPSA) is 35.5 Å². The van der Waals surface area contributed by atoms with Crippen LogP contribution in [-0.4, -0.2) is 12.6 Å². The molecule has 0 bridgehead atoms. The molecule has 0 aliphatic heterocycles. The maximum Gasteiger partial charge on any atom is 0.373 e. The smallest absolute Gasteiger partial charge is 0.293 e. The van der Waals surface area contributed by atoms with Gasteiger partial charge in [-0.1, -0.05) is 32.9 Å². The van der Waals surface area contributed by atoms with Crippen LogP contribution in [0, 0.1) is 19.3 Å². The Morgan fingerprint density at radius 1 is 1.24 bits per heavy atom. The molecule has 0 spiro atoms. The number of carbonyl (C=O) groups excluding carboxylic acids is 1. The first-order chi connectivity index (χ1) is 7.81. The summed E-state index contributed by atoms with van der Waals surface area (Å²) >= 11 is 0. The average molecular weight is 236 g/mol. The van der Waals surface area contributed by atoms with E-state index in [9.17, 15) is 4.79 Å². The van der Waals surface area contributed by atoms with Crippen LogP contribution in [0.1, 0.15) is 42.3 Å². The molecule has 0 unspecified atom stereocenters. The molecule has 0 fully saturated rings. The van der Waals surface area contributed by atoms with Crippen LogP contribution in [0.15, 0.2) is 18.2 Å². The molecule has 0 saturated carbocycles. The molecule has 3 nitrogen and oxygen atoms in total. The fourth-order valence-corrected chi connectivity index (χ4v) is 1.28. The monoisotopic (exact) mass is 236 g/mol. The number of hydrogen-bond acceptors (Lipinski definition) is 3. The van der Waals surface area contributed by atoms with Crippen molar-refractivity contribution in [3.63, 3.8) is 0 Å². The van der Waals surface area contributed by atoms with Crippen molar-refractivity contribution in [2.45, 2.75) is 34.6 Å². The van der Waals surface area contributed by atoms with Crippen molar-refractivity contribution >= 4 is 5.97 Å². The maximum atomic E-state index is 11.8. The molecule has 17 heavy (non-hydrogen) atoms. The van der Waals surface area contributed by atoms with Gasteiger partial charge in [0.2, 0.25) is 0 Å². The Morgan fingerprint density at radius 3 is 2.47 bits per heavy atom. The third-order valence-electron chi connectivity index (χ3n) is 2.45. The Balaban J connectivity index is 2.62. The summed E-state index contributed by atoms with van der Waals surface area (Å²) in [5.74, 6) is -0.435. The lowest BCUT2D eigenvalue weighted by molar-refractivity contribution is -0.255. The van der Waals surface area contributed by atoms with Crippen LogP contribution < -0.4 is 0 Å². The molecular weight excluding hydrogens is 216 g/mol. The Morgan fingerprint density at radius 2 is 1.88 bits per heavy atom. The molecule has 1 aromatic rings. The first kappa shape index (κ1) is 13.7. The molecule has 0 radical (unpaired) electrons. The summed E-state index contributed by atoms with van der Waals surface area (Å²) < 4.78 is 0. The van der Waals surface area contributed by atoms with Gasteiger partial charge in [-0.2, -0.15) is 4.89 Å². The van der Waals surface area contributed by atoms with Crippen molar-refractivity contribution in [3.8, 4) is 0 Å². The van der Waals surface area contributed by atoms with Crippen molar-refractivity contribution < 1.29 is 14.6 Å². The van der Waals surface area contributed by atoms with Gasteiger partial charge in [-0.15, -0.1) is 0 Å². The van der Waals surface area contributed by atoms with Crippen LogP contribution in [0.4, 0.5) is 0 Å². The first-order valence-corrected chi connectivity index (χ1v) is 5.71. The largest absolute Gasteiger partial charge is 0.373 e. The van der Waals surface area contributed by atoms with Gasteiger partial charge in [0.15, 0.2) is 0 Å². The standard InChI is InChI=1S/C14H20O3/c1-10-7-6-8-12(11(10)2)13(15)17-16-9-14(3,4)5/h6-8H,9H2,1-5H3. The summed E-state index contributed by atoms with van der Waals surface area (Å²) in [5, 5.41) is 0. The van der Waals surface area contributed by atoms with Crippen LogP contribution in [-0.2, 0) is 9.78 Å². The molecule has 0 aliphatic rings. The van der Waals surface area contributed by atoms with E-state index in [0.717, 1.165) is 11.1 Å². The van der Waals surface area contributed by atoms with E-state index in [2.05, 4.69) is 0 Å². The Hall–Kier alpha value is -1.35. The second-order valence-corrected chi connectivity index (χ2v) is 5.44. The molecule has 1 rings (SSSR count). The van der Waals surface area contributed by atoms with Crippen molar-refractivity contribution in [1.29, 1.82) is 0 Å². The highest BCUT2D eigenvalue weighted by Gasteiger charge is 2.15. The molecular formula is C14H20O3. The van der Waals surface area contributed by atoms with Crippen molar-refractivity contribution in [1.82, 2.24) is 0 Å². The summed E-state index contributed by atoms with van der Waals surface area (Å²) in [6.45, 7) is 10.3. The number of hydrogen-bond donors (Lipinski definition) is 0. The maximum absolute atomic E-state index is 11.8. The average Bonchev–Trinajstić information content (AvgIpc) is 2.20. The summed E-state index contributed by atoms with van der Waals surface area (Å²) in [4.78, 5) is 21.5. The number of rotatable bonds is 3. The lowest BCUT2D eigenvalue weighted by Gasteiger charge is -2.16. The summed E-state index contributed by atoms with van der Waals surface area (Å²) in [6, 6.07) is 5.54. The molecule has 0 heterocycles. The van der Waals surface area contributed by atoms with Crippen LogP contribution >= 0.6 is 0 Å². The van der Waals surface area contributed by atoms with Gasteiger partial charge in [0.05, 0.1) is 12.2 Å². The van der Waals surface area contributed by atoms with Crippen LogP contribution in [0.25, 0.3) is 0 Å². The van der Waals surface area contributed by atoms with Gasteiger partial charge in [-0.05, 0) is 36.5 Å². The van der Waals surface area contributed by atoms with Crippen LogP contribution in [0.5, 0.6) is 0 Å². The Bertz CT molecular complexity index is 402. The predicted octanol–water partition coefficient (Wildman–Crippen LogP) is 3.44. The van der Waals surface area contributed by atoms with Gasteiger partial charge >= 0.3 is 5.97 Å². The van der Waals surface area contributed by atoms with Crippen LogP contribution in [0.3, 0.4) is 0 Å². The van der Waals surface area contributed by atoms with Gasteiger partial charge < -0.3 is 0 Å². The second-order valence-electron chi connectivity index (χ2n) is 5.44. The zero-order valence-electron chi connectivity index (χ0n) is 11.2. The molecule has 1 aromatic carbocycles. The zero-order chi connectivity index (χ0) is 13.1. The van der Waals surface area contributed by atoms with Gasteiger partial charge in [0, 0.05) is 0 Å². The zero-order valence-corrected chi connectivity index (χ0v) is 11.2. The minimum absolute atomic E-state index is 0.0259. The molecule has 0 amide bonds. The first-order valence-electron chi connectivity index (χ1n) is 5.71. The summed E-state index contributed by atoms with van der Waals surface area (Å²) in [7, 11) is 0. The van der Waals surface area contributed by atoms with E-state index in [1.807, 2.05) is 46.8 Å². The van der Waals surface area contributed by atoms with E-state index in [1.54, 1.807) is 6.07 Å².